The highest BCUT2D eigenvalue weighted by atomic mass is 16.4. The Kier molecular flexibility index (Phi) is 7.10. The Morgan fingerprint density at radius 2 is 1.63 bits per heavy atom. The van der Waals surface area contributed by atoms with Crippen molar-refractivity contribution in [1.82, 2.24) is 4.98 Å². The predicted octanol–water partition coefficient (Wildman–Crippen LogP) is 4.06. The summed E-state index contributed by atoms with van der Waals surface area (Å²) in [6.45, 7) is -0.505. The maximum atomic E-state index is 9.65. The average molecular weight is 402 g/mol. The van der Waals surface area contributed by atoms with Gasteiger partial charge in [-0.1, -0.05) is 72.8 Å². The number of hydrogen-bond donors (Lipinski definition) is 3. The molecule has 0 saturated carbocycles. The molecule has 6 heteroatoms. The first-order valence-corrected chi connectivity index (χ1v) is 9.36. The monoisotopic (exact) mass is 402 g/mol. The van der Waals surface area contributed by atoms with Gasteiger partial charge in [-0.05, 0) is 29.3 Å². The van der Waals surface area contributed by atoms with Crippen LogP contribution in [0.25, 0.3) is 34.7 Å². The molecule has 4 aromatic rings. The Labute approximate surface area is 173 Å². The molecule has 0 fully saturated rings. The van der Waals surface area contributed by atoms with E-state index in [1.807, 2.05) is 60.7 Å². The summed E-state index contributed by atoms with van der Waals surface area (Å²) in [6.07, 6.45) is 4.20. The molecular weight excluding hydrogens is 380 g/mol. The number of aliphatic hydroxyl groups excluding tert-OH is 1. The van der Waals surface area contributed by atoms with E-state index < -0.39 is 18.6 Å². The molecule has 152 valence electrons. The molecule has 0 radical (unpaired) electrons. The topological polar surface area (TPSA) is 110 Å². The van der Waals surface area contributed by atoms with Crippen LogP contribution in [0.1, 0.15) is 11.1 Å². The van der Waals surface area contributed by atoms with Crippen molar-refractivity contribution in [2.45, 2.75) is 6.04 Å². The number of nitrogens with zero attached hydrogens (tertiary/aromatic N) is 1. The molecule has 0 aliphatic rings. The van der Waals surface area contributed by atoms with E-state index in [0.717, 1.165) is 22.2 Å². The molecule has 0 aliphatic carbocycles. The highest BCUT2D eigenvalue weighted by Gasteiger charge is 2.10. The number of aromatic nitrogens is 1. The molecule has 0 bridgehead atoms. The van der Waals surface area contributed by atoms with E-state index in [4.69, 9.17) is 20.4 Å². The number of benzene rings is 3. The average Bonchev–Trinajstić information content (AvgIpc) is 3.22. The van der Waals surface area contributed by atoms with E-state index in [0.29, 0.717) is 5.89 Å². The van der Waals surface area contributed by atoms with Gasteiger partial charge in [-0.3, -0.25) is 4.79 Å². The Bertz CT molecular complexity index is 1100. The molecule has 30 heavy (non-hydrogen) atoms. The standard InChI is InChI=1S/C21H15NO.C3H7NO3/c1-2-8-16(9-3-1)14-15-17-10-4-5-11-18(17)21-22-19-12-6-7-13-20(19)23-21;4-2(1-5)3(6)7/h1-15H;2,5H,1,4H2,(H,6,7)/t;2-/m.0/s1. The summed E-state index contributed by atoms with van der Waals surface area (Å²) in [6, 6.07) is 25.1. The number of aliphatic hydroxyl groups is 1. The number of para-hydroxylation sites is 2. The Hall–Kier alpha value is -3.74. The lowest BCUT2D eigenvalue weighted by Crippen LogP contribution is -2.33. The lowest BCUT2D eigenvalue weighted by atomic mass is 10.1. The number of rotatable bonds is 5. The third-order valence-corrected chi connectivity index (χ3v) is 4.25. The van der Waals surface area contributed by atoms with Crippen molar-refractivity contribution >= 4 is 29.2 Å². The number of carbonyl (C=O) groups is 1. The van der Waals surface area contributed by atoms with Crippen molar-refractivity contribution in [2.24, 2.45) is 5.73 Å². The van der Waals surface area contributed by atoms with Crippen molar-refractivity contribution in [3.63, 3.8) is 0 Å². The van der Waals surface area contributed by atoms with Crippen LogP contribution in [0.15, 0.2) is 83.3 Å². The molecule has 3 aromatic carbocycles. The Balaban J connectivity index is 0.000000318. The molecule has 0 spiro atoms. The smallest absolute Gasteiger partial charge is 0.322 e. The first-order chi connectivity index (χ1) is 14.6. The fourth-order valence-electron chi connectivity index (χ4n) is 2.65. The molecule has 6 nitrogen and oxygen atoms in total. The van der Waals surface area contributed by atoms with E-state index in [9.17, 15) is 4.79 Å². The summed E-state index contributed by atoms with van der Waals surface area (Å²) in [5, 5.41) is 15.9. The van der Waals surface area contributed by atoms with Gasteiger partial charge in [0.15, 0.2) is 5.58 Å². The zero-order valence-corrected chi connectivity index (χ0v) is 16.2. The summed E-state index contributed by atoms with van der Waals surface area (Å²) in [7, 11) is 0. The van der Waals surface area contributed by atoms with Crippen LogP contribution in [0, 0.1) is 0 Å². The number of carboxylic acids is 1. The predicted molar refractivity (Wildman–Crippen MR) is 118 cm³/mol. The SMILES string of the molecule is C(=Cc1ccccc1-c1nc2ccccc2o1)c1ccccc1.N[C@@H](CO)C(=O)O. The first kappa shape index (κ1) is 21.0. The Morgan fingerprint density at radius 1 is 0.967 bits per heavy atom. The van der Waals surface area contributed by atoms with Crippen LogP contribution in [0.4, 0.5) is 0 Å². The van der Waals surface area contributed by atoms with Crippen LogP contribution in [0.2, 0.25) is 0 Å². The summed E-state index contributed by atoms with van der Waals surface area (Å²) >= 11 is 0. The second-order valence-electron chi connectivity index (χ2n) is 6.45. The highest BCUT2D eigenvalue weighted by molar-refractivity contribution is 5.81. The van der Waals surface area contributed by atoms with E-state index >= 15 is 0 Å². The maximum Gasteiger partial charge on any atom is 0.322 e. The summed E-state index contributed by atoms with van der Waals surface area (Å²) in [5.74, 6) is -0.526. The number of hydrogen-bond acceptors (Lipinski definition) is 5. The minimum absolute atomic E-state index is 0.505. The summed E-state index contributed by atoms with van der Waals surface area (Å²) in [4.78, 5) is 14.2. The molecule has 0 aliphatic heterocycles. The lowest BCUT2D eigenvalue weighted by molar-refractivity contribution is -0.139. The van der Waals surface area contributed by atoms with Crippen molar-refractivity contribution in [2.75, 3.05) is 6.61 Å². The zero-order chi connectivity index (χ0) is 21.3. The summed E-state index contributed by atoms with van der Waals surface area (Å²) < 4.78 is 5.90. The number of nitrogens with two attached hydrogens (primary N) is 1. The van der Waals surface area contributed by atoms with Crippen molar-refractivity contribution in [3.05, 3.63) is 90.0 Å². The number of carboxylic acid groups (broad SMARTS) is 1. The van der Waals surface area contributed by atoms with Crippen LogP contribution in [0.5, 0.6) is 0 Å². The maximum absolute atomic E-state index is 9.65. The summed E-state index contributed by atoms with van der Waals surface area (Å²) in [5.41, 5.74) is 9.70. The first-order valence-electron chi connectivity index (χ1n) is 9.36. The van der Waals surface area contributed by atoms with Gasteiger partial charge in [-0.25, -0.2) is 4.98 Å². The van der Waals surface area contributed by atoms with Gasteiger partial charge in [0.25, 0.3) is 0 Å². The number of fused-ring (bicyclic) bond motifs is 1. The largest absolute Gasteiger partial charge is 0.480 e. The second kappa shape index (κ2) is 10.2. The van der Waals surface area contributed by atoms with Crippen LogP contribution >= 0.6 is 0 Å². The fourth-order valence-corrected chi connectivity index (χ4v) is 2.65. The fraction of sp³-hybridized carbons (Fsp3) is 0.0833. The van der Waals surface area contributed by atoms with Gasteiger partial charge < -0.3 is 20.4 Å². The Morgan fingerprint density at radius 3 is 2.30 bits per heavy atom. The molecule has 1 aromatic heterocycles. The third kappa shape index (κ3) is 5.41. The van der Waals surface area contributed by atoms with E-state index in [-0.39, 0.29) is 0 Å². The van der Waals surface area contributed by atoms with Crippen molar-refractivity contribution < 1.29 is 19.4 Å². The molecule has 0 unspecified atom stereocenters. The van der Waals surface area contributed by atoms with Crippen LogP contribution in [-0.2, 0) is 4.79 Å². The van der Waals surface area contributed by atoms with Crippen LogP contribution in [-0.4, -0.2) is 33.8 Å². The van der Waals surface area contributed by atoms with Gasteiger partial charge in [0.05, 0.1) is 6.61 Å². The van der Waals surface area contributed by atoms with Crippen LogP contribution < -0.4 is 5.73 Å². The van der Waals surface area contributed by atoms with E-state index in [1.165, 1.54) is 5.56 Å². The molecule has 1 heterocycles. The van der Waals surface area contributed by atoms with Gasteiger partial charge in [0, 0.05) is 5.56 Å². The number of aliphatic carboxylic acids is 1. The third-order valence-electron chi connectivity index (χ3n) is 4.25. The van der Waals surface area contributed by atoms with Crippen molar-refractivity contribution in [1.29, 1.82) is 0 Å². The molecule has 4 N–H and O–H groups in total. The molecule has 4 rings (SSSR count). The van der Waals surface area contributed by atoms with Gasteiger partial charge in [0.1, 0.15) is 11.6 Å². The quantitative estimate of drug-likeness (QED) is 0.434. The van der Waals surface area contributed by atoms with Crippen molar-refractivity contribution in [3.8, 4) is 11.5 Å². The molecular formula is C24H22N2O4. The molecule has 1 atom stereocenters. The number of oxazole rings is 1. The zero-order valence-electron chi connectivity index (χ0n) is 16.2. The minimum atomic E-state index is -1.18. The second-order valence-corrected chi connectivity index (χ2v) is 6.45. The van der Waals surface area contributed by atoms with Gasteiger partial charge >= 0.3 is 5.97 Å². The van der Waals surface area contributed by atoms with E-state index in [1.54, 1.807) is 0 Å². The van der Waals surface area contributed by atoms with Gasteiger partial charge in [-0.15, -0.1) is 0 Å². The van der Waals surface area contributed by atoms with Crippen LogP contribution in [0.3, 0.4) is 0 Å². The molecule has 0 saturated heterocycles. The van der Waals surface area contributed by atoms with E-state index in [2.05, 4.69) is 35.3 Å². The minimum Gasteiger partial charge on any atom is -0.480 e. The highest BCUT2D eigenvalue weighted by Crippen LogP contribution is 2.28. The molecule has 0 amide bonds. The van der Waals surface area contributed by atoms with Gasteiger partial charge in [0.2, 0.25) is 5.89 Å². The van der Waals surface area contributed by atoms with Gasteiger partial charge in [-0.2, -0.15) is 0 Å². The normalized spacial score (nSPS) is 11.8. The lowest BCUT2D eigenvalue weighted by Gasteiger charge is -2.01.